The molecule has 1 saturated heterocycles. The van der Waals surface area contributed by atoms with Crippen LogP contribution in [-0.4, -0.2) is 54.9 Å². The highest BCUT2D eigenvalue weighted by molar-refractivity contribution is 5.97. The zero-order valence-electron chi connectivity index (χ0n) is 18.1. The van der Waals surface area contributed by atoms with Gasteiger partial charge in [-0.1, -0.05) is 0 Å². The van der Waals surface area contributed by atoms with Crippen molar-refractivity contribution in [2.45, 2.75) is 38.8 Å². The first kappa shape index (κ1) is 22.4. The van der Waals surface area contributed by atoms with E-state index in [0.717, 1.165) is 0 Å². The number of carbonyl (C=O) groups is 3. The Morgan fingerprint density at radius 2 is 1.74 bits per heavy atom. The van der Waals surface area contributed by atoms with Gasteiger partial charge >= 0.3 is 0 Å². The average molecular weight is 428 g/mol. The Morgan fingerprint density at radius 1 is 1.06 bits per heavy atom. The van der Waals surface area contributed by atoms with Crippen molar-refractivity contribution in [3.05, 3.63) is 54.0 Å². The third-order valence-electron chi connectivity index (χ3n) is 5.38. The second-order valence-corrected chi connectivity index (χ2v) is 7.95. The van der Waals surface area contributed by atoms with E-state index in [0.29, 0.717) is 43.0 Å². The predicted octanol–water partition coefficient (Wildman–Crippen LogP) is 2.46. The summed E-state index contributed by atoms with van der Waals surface area (Å²) in [5.41, 5.74) is 0.452. The number of nitrogens with zero attached hydrogens (tertiary/aromatic N) is 1. The maximum absolute atomic E-state index is 12.9. The van der Waals surface area contributed by atoms with Gasteiger partial charge in [0.2, 0.25) is 5.91 Å². The van der Waals surface area contributed by atoms with Crippen molar-refractivity contribution in [2.75, 3.05) is 20.2 Å². The first-order valence-corrected chi connectivity index (χ1v) is 10.5. The first-order valence-electron chi connectivity index (χ1n) is 10.5. The number of nitrogens with one attached hydrogen (secondary N) is 2. The second kappa shape index (κ2) is 10.1. The summed E-state index contributed by atoms with van der Waals surface area (Å²) in [4.78, 5) is 39.9. The van der Waals surface area contributed by atoms with Crippen LogP contribution in [0.3, 0.4) is 0 Å². The Hall–Kier alpha value is -3.29. The van der Waals surface area contributed by atoms with Crippen molar-refractivity contribution in [3.8, 4) is 5.75 Å². The van der Waals surface area contributed by atoms with Crippen LogP contribution in [0.2, 0.25) is 0 Å². The summed E-state index contributed by atoms with van der Waals surface area (Å²) < 4.78 is 10.3. The van der Waals surface area contributed by atoms with Gasteiger partial charge in [-0.2, -0.15) is 0 Å². The van der Waals surface area contributed by atoms with E-state index < -0.39 is 6.04 Å². The van der Waals surface area contributed by atoms with Crippen molar-refractivity contribution in [2.24, 2.45) is 5.92 Å². The van der Waals surface area contributed by atoms with Crippen LogP contribution in [0.25, 0.3) is 0 Å². The van der Waals surface area contributed by atoms with Crippen molar-refractivity contribution < 1.29 is 23.5 Å². The molecule has 166 valence electrons. The fourth-order valence-corrected chi connectivity index (χ4v) is 3.73. The molecule has 3 rings (SSSR count). The topological polar surface area (TPSA) is 101 Å². The lowest BCUT2D eigenvalue weighted by Gasteiger charge is -2.35. The van der Waals surface area contributed by atoms with Crippen LogP contribution in [0, 0.1) is 5.92 Å². The summed E-state index contributed by atoms with van der Waals surface area (Å²) in [6, 6.07) is 9.33. The largest absolute Gasteiger partial charge is 0.497 e. The Balaban J connectivity index is 1.68. The molecule has 1 aromatic carbocycles. The van der Waals surface area contributed by atoms with E-state index in [-0.39, 0.29) is 29.7 Å². The van der Waals surface area contributed by atoms with Gasteiger partial charge in [-0.05, 0) is 69.0 Å². The minimum absolute atomic E-state index is 0.0477. The van der Waals surface area contributed by atoms with E-state index >= 15 is 0 Å². The van der Waals surface area contributed by atoms with Crippen LogP contribution in [0.5, 0.6) is 5.75 Å². The molecule has 1 fully saturated rings. The van der Waals surface area contributed by atoms with Gasteiger partial charge in [-0.25, -0.2) is 0 Å². The van der Waals surface area contributed by atoms with Crippen molar-refractivity contribution in [1.82, 2.24) is 15.5 Å². The Kier molecular flexibility index (Phi) is 7.33. The SMILES string of the molecule is COc1ccc(C(=O)N[C@@H](C(=O)NC(C)C)C2CCN(C(=O)c3ccco3)CC2)cc1. The normalized spacial score (nSPS) is 15.4. The van der Waals surface area contributed by atoms with E-state index in [9.17, 15) is 14.4 Å². The number of furan rings is 1. The quantitative estimate of drug-likeness (QED) is 0.707. The molecule has 1 aliphatic rings. The molecule has 8 nitrogen and oxygen atoms in total. The van der Waals surface area contributed by atoms with Crippen LogP contribution in [0.1, 0.15) is 47.6 Å². The Morgan fingerprint density at radius 3 is 2.29 bits per heavy atom. The lowest BCUT2D eigenvalue weighted by molar-refractivity contribution is -0.125. The van der Waals surface area contributed by atoms with Gasteiger partial charge in [-0.3, -0.25) is 14.4 Å². The van der Waals surface area contributed by atoms with Gasteiger partial charge in [0.05, 0.1) is 13.4 Å². The molecule has 0 radical (unpaired) electrons. The Bertz CT molecular complexity index is 884. The molecule has 0 unspecified atom stereocenters. The monoisotopic (exact) mass is 427 g/mol. The van der Waals surface area contributed by atoms with Gasteiger partial charge in [0.25, 0.3) is 11.8 Å². The summed E-state index contributed by atoms with van der Waals surface area (Å²) >= 11 is 0. The van der Waals surface area contributed by atoms with Gasteiger partial charge in [0, 0.05) is 24.7 Å². The number of carbonyl (C=O) groups excluding carboxylic acids is 3. The molecular weight excluding hydrogens is 398 g/mol. The van der Waals surface area contributed by atoms with Gasteiger partial charge in [-0.15, -0.1) is 0 Å². The first-order chi connectivity index (χ1) is 14.9. The molecule has 2 N–H and O–H groups in total. The minimum Gasteiger partial charge on any atom is -0.497 e. The van der Waals surface area contributed by atoms with Gasteiger partial charge in [0.15, 0.2) is 5.76 Å². The summed E-state index contributed by atoms with van der Waals surface area (Å²) in [7, 11) is 1.56. The number of hydrogen-bond donors (Lipinski definition) is 2. The number of methoxy groups -OCH3 is 1. The highest BCUT2D eigenvalue weighted by Crippen LogP contribution is 2.23. The number of rotatable bonds is 7. The molecule has 1 atom stereocenters. The van der Waals surface area contributed by atoms with Gasteiger partial charge in [0.1, 0.15) is 11.8 Å². The van der Waals surface area contributed by atoms with Crippen LogP contribution in [0.15, 0.2) is 47.1 Å². The molecule has 0 aliphatic carbocycles. The summed E-state index contributed by atoms with van der Waals surface area (Å²) in [6.45, 7) is 4.75. The number of benzene rings is 1. The number of ether oxygens (including phenoxy) is 1. The molecule has 1 aromatic heterocycles. The van der Waals surface area contributed by atoms with E-state index in [1.165, 1.54) is 6.26 Å². The molecule has 8 heteroatoms. The van der Waals surface area contributed by atoms with E-state index in [2.05, 4.69) is 10.6 Å². The third kappa shape index (κ3) is 5.65. The molecule has 2 heterocycles. The third-order valence-corrected chi connectivity index (χ3v) is 5.38. The fourth-order valence-electron chi connectivity index (χ4n) is 3.73. The molecule has 0 bridgehead atoms. The lowest BCUT2D eigenvalue weighted by atomic mass is 9.88. The smallest absolute Gasteiger partial charge is 0.289 e. The average Bonchev–Trinajstić information content (AvgIpc) is 3.31. The Labute approximate surface area is 181 Å². The van der Waals surface area contributed by atoms with E-state index in [1.54, 1.807) is 48.4 Å². The number of amides is 3. The number of likely N-dealkylation sites (tertiary alicyclic amines) is 1. The van der Waals surface area contributed by atoms with E-state index in [1.807, 2.05) is 13.8 Å². The van der Waals surface area contributed by atoms with Crippen molar-refractivity contribution in [3.63, 3.8) is 0 Å². The lowest BCUT2D eigenvalue weighted by Crippen LogP contribution is -2.54. The zero-order chi connectivity index (χ0) is 22.4. The van der Waals surface area contributed by atoms with Crippen LogP contribution >= 0.6 is 0 Å². The standard InChI is InChI=1S/C23H29N3O5/c1-15(2)24-22(28)20(25-21(27)17-6-8-18(30-3)9-7-17)16-10-12-26(13-11-16)23(29)19-5-4-14-31-19/h4-9,14-16,20H,10-13H2,1-3H3,(H,24,28)(H,25,27)/t20-/m1/s1. The van der Waals surface area contributed by atoms with Crippen LogP contribution in [-0.2, 0) is 4.79 Å². The maximum Gasteiger partial charge on any atom is 0.289 e. The van der Waals surface area contributed by atoms with Crippen LogP contribution in [0.4, 0.5) is 0 Å². The highest BCUT2D eigenvalue weighted by atomic mass is 16.5. The molecule has 2 aromatic rings. The van der Waals surface area contributed by atoms with Crippen LogP contribution < -0.4 is 15.4 Å². The summed E-state index contributed by atoms with van der Waals surface area (Å²) in [6.07, 6.45) is 2.68. The minimum atomic E-state index is -0.683. The molecule has 3 amide bonds. The van der Waals surface area contributed by atoms with Crippen molar-refractivity contribution in [1.29, 1.82) is 0 Å². The number of piperidine rings is 1. The molecule has 31 heavy (non-hydrogen) atoms. The molecule has 0 saturated carbocycles. The van der Waals surface area contributed by atoms with Gasteiger partial charge < -0.3 is 24.7 Å². The summed E-state index contributed by atoms with van der Waals surface area (Å²) in [5, 5.41) is 5.81. The van der Waals surface area contributed by atoms with E-state index in [4.69, 9.17) is 9.15 Å². The predicted molar refractivity (Wildman–Crippen MR) is 115 cm³/mol. The molecular formula is C23H29N3O5. The second-order valence-electron chi connectivity index (χ2n) is 7.95. The highest BCUT2D eigenvalue weighted by Gasteiger charge is 2.34. The maximum atomic E-state index is 12.9. The number of hydrogen-bond acceptors (Lipinski definition) is 5. The molecule has 0 spiro atoms. The van der Waals surface area contributed by atoms with Crippen molar-refractivity contribution >= 4 is 17.7 Å². The fraction of sp³-hybridized carbons (Fsp3) is 0.435. The zero-order valence-corrected chi connectivity index (χ0v) is 18.1. The molecule has 1 aliphatic heterocycles. The summed E-state index contributed by atoms with van der Waals surface area (Å²) in [5.74, 6) is 0.184.